The lowest BCUT2D eigenvalue weighted by molar-refractivity contribution is 0.0730. The summed E-state index contributed by atoms with van der Waals surface area (Å²) in [5.41, 5.74) is 2.54. The second kappa shape index (κ2) is 11.0. The molecule has 3 heterocycles. The van der Waals surface area contributed by atoms with Gasteiger partial charge in [-0.25, -0.2) is 13.4 Å². The van der Waals surface area contributed by atoms with E-state index in [-0.39, 0.29) is 11.0 Å². The molecule has 2 saturated heterocycles. The van der Waals surface area contributed by atoms with Gasteiger partial charge in [0, 0.05) is 31.0 Å². The SMILES string of the molecule is COc1cccc(CSc2nc3cc(S(=O)(=O)N4CCOCC4)ccc3n2C[C@H]2CCCO2)c1OC. The number of sulfonamides is 1. The quantitative estimate of drug-likeness (QED) is 0.386. The van der Waals surface area contributed by atoms with Crippen LogP contribution in [0.5, 0.6) is 11.5 Å². The van der Waals surface area contributed by atoms with Gasteiger partial charge in [0.05, 0.1) is 56.0 Å². The molecular weight excluding hydrogens is 502 g/mol. The number of nitrogens with zero attached hydrogens (tertiary/aromatic N) is 3. The van der Waals surface area contributed by atoms with Crippen molar-refractivity contribution >= 4 is 32.8 Å². The van der Waals surface area contributed by atoms with Crippen LogP contribution in [0.15, 0.2) is 46.5 Å². The average molecular weight is 534 g/mol. The van der Waals surface area contributed by atoms with Crippen LogP contribution in [-0.2, 0) is 31.8 Å². The zero-order valence-corrected chi connectivity index (χ0v) is 22.1. The Hall–Kier alpha value is -2.31. The number of thioether (sulfide) groups is 1. The molecule has 9 nitrogen and oxygen atoms in total. The van der Waals surface area contributed by atoms with Crippen LogP contribution in [0.4, 0.5) is 0 Å². The van der Waals surface area contributed by atoms with Gasteiger partial charge in [-0.15, -0.1) is 0 Å². The minimum Gasteiger partial charge on any atom is -0.493 e. The van der Waals surface area contributed by atoms with Crippen molar-refractivity contribution in [3.63, 3.8) is 0 Å². The average Bonchev–Trinajstić information content (AvgIpc) is 3.55. The van der Waals surface area contributed by atoms with E-state index in [0.29, 0.717) is 55.6 Å². The number of benzene rings is 2. The Kier molecular flexibility index (Phi) is 7.73. The maximum Gasteiger partial charge on any atom is 0.243 e. The topological polar surface area (TPSA) is 92.1 Å². The number of rotatable bonds is 9. The Labute approximate surface area is 215 Å². The Morgan fingerprint density at radius 2 is 1.94 bits per heavy atom. The van der Waals surface area contributed by atoms with Crippen LogP contribution in [0.1, 0.15) is 18.4 Å². The fourth-order valence-electron chi connectivity index (χ4n) is 4.67. The van der Waals surface area contributed by atoms with Crippen molar-refractivity contribution in [3.8, 4) is 11.5 Å². The van der Waals surface area contributed by atoms with Crippen LogP contribution in [0.2, 0.25) is 0 Å². The molecule has 194 valence electrons. The van der Waals surface area contributed by atoms with Gasteiger partial charge in [-0.05, 0) is 37.1 Å². The molecule has 2 aliphatic heterocycles. The maximum absolute atomic E-state index is 13.2. The summed E-state index contributed by atoms with van der Waals surface area (Å²) in [6.45, 7) is 2.97. The Morgan fingerprint density at radius 1 is 1.11 bits per heavy atom. The zero-order valence-electron chi connectivity index (χ0n) is 20.5. The molecule has 2 aromatic carbocycles. The predicted octanol–water partition coefficient (Wildman–Crippen LogP) is 3.55. The van der Waals surface area contributed by atoms with Crippen LogP contribution in [-0.4, -0.2) is 75.5 Å². The third kappa shape index (κ3) is 5.08. The van der Waals surface area contributed by atoms with Crippen molar-refractivity contribution in [2.45, 2.75) is 41.3 Å². The van der Waals surface area contributed by atoms with Crippen LogP contribution >= 0.6 is 11.8 Å². The van der Waals surface area contributed by atoms with Gasteiger partial charge >= 0.3 is 0 Å². The Balaban J connectivity index is 1.48. The lowest BCUT2D eigenvalue weighted by Gasteiger charge is -2.26. The van der Waals surface area contributed by atoms with Crippen LogP contribution in [0.25, 0.3) is 11.0 Å². The first-order chi connectivity index (χ1) is 17.5. The van der Waals surface area contributed by atoms with E-state index in [1.54, 1.807) is 38.1 Å². The number of hydrogen-bond donors (Lipinski definition) is 0. The zero-order chi connectivity index (χ0) is 25.1. The Morgan fingerprint density at radius 3 is 2.67 bits per heavy atom. The molecule has 0 unspecified atom stereocenters. The minimum absolute atomic E-state index is 0.116. The summed E-state index contributed by atoms with van der Waals surface area (Å²) >= 11 is 1.58. The maximum atomic E-state index is 13.2. The van der Waals surface area contributed by atoms with Crippen molar-refractivity contribution in [2.75, 3.05) is 47.1 Å². The second-order valence-electron chi connectivity index (χ2n) is 8.75. The van der Waals surface area contributed by atoms with E-state index in [0.717, 1.165) is 35.7 Å². The summed E-state index contributed by atoms with van der Waals surface area (Å²) < 4.78 is 52.4. The molecule has 0 saturated carbocycles. The monoisotopic (exact) mass is 533 g/mol. The smallest absolute Gasteiger partial charge is 0.243 e. The molecule has 2 aliphatic rings. The molecule has 0 N–H and O–H groups in total. The number of para-hydroxylation sites is 1. The highest BCUT2D eigenvalue weighted by molar-refractivity contribution is 7.98. The highest BCUT2D eigenvalue weighted by Crippen LogP contribution is 2.36. The normalized spacial score (nSPS) is 19.1. The lowest BCUT2D eigenvalue weighted by atomic mass is 10.2. The lowest BCUT2D eigenvalue weighted by Crippen LogP contribution is -2.40. The van der Waals surface area contributed by atoms with E-state index in [1.165, 1.54) is 4.31 Å². The molecule has 1 atom stereocenters. The van der Waals surface area contributed by atoms with Crippen molar-refractivity contribution in [3.05, 3.63) is 42.0 Å². The van der Waals surface area contributed by atoms with Crippen molar-refractivity contribution in [2.24, 2.45) is 0 Å². The molecule has 3 aromatic rings. The van der Waals surface area contributed by atoms with Crippen LogP contribution in [0.3, 0.4) is 0 Å². The molecule has 1 aromatic heterocycles. The molecular formula is C25H31N3O6S2. The molecule has 11 heteroatoms. The van der Waals surface area contributed by atoms with Gasteiger partial charge in [0.1, 0.15) is 0 Å². The summed E-state index contributed by atoms with van der Waals surface area (Å²) in [5, 5.41) is 0.811. The van der Waals surface area contributed by atoms with E-state index >= 15 is 0 Å². The van der Waals surface area contributed by atoms with Crippen LogP contribution < -0.4 is 9.47 Å². The number of methoxy groups -OCH3 is 2. The number of hydrogen-bond acceptors (Lipinski definition) is 8. The fourth-order valence-corrected chi connectivity index (χ4v) is 7.10. The first-order valence-corrected chi connectivity index (χ1v) is 14.5. The number of aromatic nitrogens is 2. The van der Waals surface area contributed by atoms with Gasteiger partial charge in [0.15, 0.2) is 16.7 Å². The Bertz CT molecular complexity index is 1310. The number of fused-ring (bicyclic) bond motifs is 1. The molecule has 0 amide bonds. The summed E-state index contributed by atoms with van der Waals surface area (Å²) in [6.07, 6.45) is 2.16. The second-order valence-corrected chi connectivity index (χ2v) is 11.6. The number of ether oxygens (including phenoxy) is 4. The van der Waals surface area contributed by atoms with E-state index in [2.05, 4.69) is 4.57 Å². The predicted molar refractivity (Wildman–Crippen MR) is 137 cm³/mol. The van der Waals surface area contributed by atoms with Gasteiger partial charge < -0.3 is 23.5 Å². The van der Waals surface area contributed by atoms with E-state index in [4.69, 9.17) is 23.9 Å². The summed E-state index contributed by atoms with van der Waals surface area (Å²) in [6, 6.07) is 11.0. The van der Waals surface area contributed by atoms with Gasteiger partial charge in [-0.2, -0.15) is 4.31 Å². The standard InChI is InChI=1S/C25H31N3O6S2/c1-31-23-7-3-5-18(24(23)32-2)17-35-25-26-21-15-20(36(29,30)27-10-13-33-14-11-27)8-9-22(21)28(25)16-19-6-4-12-34-19/h3,5,7-9,15,19H,4,6,10-14,16-17H2,1-2H3/t19-/m1/s1. The molecule has 36 heavy (non-hydrogen) atoms. The largest absolute Gasteiger partial charge is 0.493 e. The third-order valence-corrected chi connectivity index (χ3v) is 9.46. The summed E-state index contributed by atoms with van der Waals surface area (Å²) in [5.74, 6) is 2.00. The summed E-state index contributed by atoms with van der Waals surface area (Å²) in [7, 11) is -0.352. The first-order valence-electron chi connectivity index (χ1n) is 12.0. The van der Waals surface area contributed by atoms with Gasteiger partial charge in [0.25, 0.3) is 0 Å². The summed E-state index contributed by atoms with van der Waals surface area (Å²) in [4.78, 5) is 5.13. The molecule has 0 radical (unpaired) electrons. The van der Waals surface area contributed by atoms with Gasteiger partial charge in [0.2, 0.25) is 10.0 Å². The van der Waals surface area contributed by atoms with Gasteiger partial charge in [-0.3, -0.25) is 0 Å². The van der Waals surface area contributed by atoms with Gasteiger partial charge in [-0.1, -0.05) is 23.9 Å². The van der Waals surface area contributed by atoms with Crippen molar-refractivity contribution in [1.82, 2.24) is 13.9 Å². The fraction of sp³-hybridized carbons (Fsp3) is 0.480. The highest BCUT2D eigenvalue weighted by Gasteiger charge is 2.28. The van der Waals surface area contributed by atoms with E-state index in [1.807, 2.05) is 24.3 Å². The molecule has 5 rings (SSSR count). The van der Waals surface area contributed by atoms with E-state index in [9.17, 15) is 8.42 Å². The number of morpholine rings is 1. The van der Waals surface area contributed by atoms with E-state index < -0.39 is 10.0 Å². The van der Waals surface area contributed by atoms with Crippen molar-refractivity contribution < 1.29 is 27.4 Å². The molecule has 2 fully saturated rings. The highest BCUT2D eigenvalue weighted by atomic mass is 32.2. The first kappa shape index (κ1) is 25.3. The number of imidazole rings is 1. The molecule has 0 bridgehead atoms. The molecule has 0 aliphatic carbocycles. The van der Waals surface area contributed by atoms with Crippen LogP contribution in [0, 0.1) is 0 Å². The molecule has 0 spiro atoms. The van der Waals surface area contributed by atoms with Crippen molar-refractivity contribution in [1.29, 1.82) is 0 Å². The minimum atomic E-state index is -3.61. The third-order valence-electron chi connectivity index (χ3n) is 6.54.